The largest absolute Gasteiger partial charge is 0.543 e. The minimum atomic E-state index is -1.78. The van der Waals surface area contributed by atoms with Crippen molar-refractivity contribution in [2.24, 2.45) is 0 Å². The van der Waals surface area contributed by atoms with Gasteiger partial charge in [-0.15, -0.1) is 0 Å². The van der Waals surface area contributed by atoms with Crippen molar-refractivity contribution in [2.45, 2.75) is 43.3 Å². The van der Waals surface area contributed by atoms with Crippen LogP contribution in [0.2, 0.25) is 23.2 Å². The Morgan fingerprint density at radius 3 is 2.35 bits per heavy atom. The number of benzene rings is 1. The molecule has 0 aliphatic carbocycles. The van der Waals surface area contributed by atoms with Crippen molar-refractivity contribution in [1.82, 2.24) is 0 Å². The highest BCUT2D eigenvalue weighted by Gasteiger charge is 2.39. The first-order valence-electron chi connectivity index (χ1n) is 5.71. The van der Waals surface area contributed by atoms with Gasteiger partial charge in [-0.3, -0.25) is 0 Å². The van der Waals surface area contributed by atoms with Crippen LogP contribution in [-0.2, 0) is 4.43 Å². The molecule has 0 saturated heterocycles. The molecule has 0 amide bonds. The summed E-state index contributed by atoms with van der Waals surface area (Å²) in [4.78, 5) is 0. The van der Waals surface area contributed by atoms with E-state index in [0.717, 1.165) is 20.8 Å². The van der Waals surface area contributed by atoms with Crippen LogP contribution < -0.4 is 4.43 Å². The molecule has 0 unspecified atom stereocenters. The Bertz CT molecular complexity index is 399. The summed E-state index contributed by atoms with van der Waals surface area (Å²) in [7, 11) is -1.78. The van der Waals surface area contributed by atoms with Crippen LogP contribution in [0.3, 0.4) is 0 Å². The van der Waals surface area contributed by atoms with E-state index in [4.69, 9.17) is 16.0 Å². The quantitative estimate of drug-likeness (QED) is 0.372. The lowest BCUT2D eigenvalue weighted by atomic mass is 10.2. The van der Waals surface area contributed by atoms with Crippen LogP contribution in [0.1, 0.15) is 26.3 Å². The molecule has 0 aromatic heterocycles. The molecule has 96 valence electrons. The summed E-state index contributed by atoms with van der Waals surface area (Å²) in [5.41, 5.74) is 1.11. The molecule has 1 rings (SSSR count). The smallest absolute Gasteiger partial charge is 0.250 e. The Kier molecular flexibility index (Phi) is 4.94. The van der Waals surface area contributed by atoms with E-state index >= 15 is 0 Å². The lowest BCUT2D eigenvalue weighted by Gasteiger charge is -2.37. The molecule has 1 nitrogen and oxygen atoms in total. The van der Waals surface area contributed by atoms with Crippen molar-refractivity contribution in [3.63, 3.8) is 0 Å². The van der Waals surface area contributed by atoms with Gasteiger partial charge < -0.3 is 4.43 Å². The first-order valence-corrected chi connectivity index (χ1v) is 10.5. The van der Waals surface area contributed by atoms with Crippen LogP contribution in [-0.4, -0.2) is 8.32 Å². The van der Waals surface area contributed by atoms with Gasteiger partial charge in [-0.2, -0.15) is 0 Å². The van der Waals surface area contributed by atoms with E-state index in [2.05, 4.69) is 56.5 Å². The highest BCUT2D eigenvalue weighted by molar-refractivity contribution is 14.1. The average Bonchev–Trinajstić information content (AvgIpc) is 2.15. The van der Waals surface area contributed by atoms with Crippen molar-refractivity contribution < 1.29 is 4.43 Å². The molecule has 0 N–H and O–H groups in total. The summed E-state index contributed by atoms with van der Waals surface area (Å²) in [6.07, 6.45) is 0. The fourth-order valence-electron chi connectivity index (χ4n) is 1.19. The molecule has 0 atom stereocenters. The zero-order valence-electron chi connectivity index (χ0n) is 11.1. The SMILES string of the molecule is CC(C)(C)[Si](C)(C)Oc1cccc(Cl)c1CI. The second-order valence-electron chi connectivity index (χ2n) is 5.71. The van der Waals surface area contributed by atoms with E-state index in [-0.39, 0.29) is 5.04 Å². The van der Waals surface area contributed by atoms with E-state index in [1.54, 1.807) is 0 Å². The predicted molar refractivity (Wildman–Crippen MR) is 87.0 cm³/mol. The zero-order chi connectivity index (χ0) is 13.3. The molecule has 0 saturated carbocycles. The van der Waals surface area contributed by atoms with Crippen molar-refractivity contribution in [2.75, 3.05) is 0 Å². The summed E-state index contributed by atoms with van der Waals surface area (Å²) in [5.74, 6) is 0.957. The maximum Gasteiger partial charge on any atom is 0.250 e. The molecular formula is C13H20ClIOSi. The molecule has 4 heteroatoms. The van der Waals surface area contributed by atoms with E-state index in [1.807, 2.05) is 18.2 Å². The molecule has 0 radical (unpaired) electrons. The topological polar surface area (TPSA) is 9.23 Å². The highest BCUT2D eigenvalue weighted by Crippen LogP contribution is 2.39. The lowest BCUT2D eigenvalue weighted by molar-refractivity contribution is 0.489. The summed E-state index contributed by atoms with van der Waals surface area (Å²) >= 11 is 8.53. The third-order valence-corrected chi connectivity index (χ3v) is 8.84. The van der Waals surface area contributed by atoms with Gasteiger partial charge in [0.1, 0.15) is 5.75 Å². The second-order valence-corrected chi connectivity index (χ2v) is 11.6. The molecule has 0 bridgehead atoms. The van der Waals surface area contributed by atoms with Crippen molar-refractivity contribution in [1.29, 1.82) is 0 Å². The molecular weight excluding hydrogens is 363 g/mol. The van der Waals surface area contributed by atoms with Gasteiger partial charge in [0.05, 0.1) is 0 Å². The Balaban J connectivity index is 3.08. The number of hydrogen-bond acceptors (Lipinski definition) is 1. The van der Waals surface area contributed by atoms with Gasteiger partial charge in [-0.25, -0.2) is 0 Å². The van der Waals surface area contributed by atoms with Gasteiger partial charge in [0, 0.05) is 15.0 Å². The van der Waals surface area contributed by atoms with Gasteiger partial charge >= 0.3 is 0 Å². The van der Waals surface area contributed by atoms with Crippen LogP contribution in [0, 0.1) is 0 Å². The third kappa shape index (κ3) is 3.61. The first kappa shape index (κ1) is 15.3. The van der Waals surface area contributed by atoms with Crippen LogP contribution in [0.5, 0.6) is 5.75 Å². The molecule has 0 heterocycles. The number of alkyl halides is 1. The summed E-state index contributed by atoms with van der Waals surface area (Å²) in [6, 6.07) is 5.91. The minimum Gasteiger partial charge on any atom is -0.543 e. The van der Waals surface area contributed by atoms with Crippen molar-refractivity contribution in [3.8, 4) is 5.75 Å². The lowest BCUT2D eigenvalue weighted by Crippen LogP contribution is -2.44. The van der Waals surface area contributed by atoms with Crippen LogP contribution in [0.15, 0.2) is 18.2 Å². The monoisotopic (exact) mass is 382 g/mol. The number of rotatable bonds is 3. The van der Waals surface area contributed by atoms with Gasteiger partial charge in [0.15, 0.2) is 0 Å². The molecule has 0 spiro atoms. The fourth-order valence-corrected chi connectivity index (χ4v) is 3.48. The molecule has 1 aromatic carbocycles. The number of hydrogen-bond donors (Lipinski definition) is 0. The first-order chi connectivity index (χ1) is 7.69. The van der Waals surface area contributed by atoms with Gasteiger partial charge in [-0.05, 0) is 30.3 Å². The van der Waals surface area contributed by atoms with E-state index < -0.39 is 8.32 Å². The third-order valence-electron chi connectivity index (χ3n) is 3.38. The average molecular weight is 383 g/mol. The second kappa shape index (κ2) is 5.49. The minimum absolute atomic E-state index is 0.206. The Morgan fingerprint density at radius 1 is 1.29 bits per heavy atom. The molecule has 0 aliphatic heterocycles. The summed E-state index contributed by atoms with van der Waals surface area (Å²) in [5, 5.41) is 1.01. The maximum atomic E-state index is 6.32. The number of halogens is 2. The van der Waals surface area contributed by atoms with E-state index in [0.29, 0.717) is 0 Å². The van der Waals surface area contributed by atoms with Crippen molar-refractivity contribution >= 4 is 42.5 Å². The predicted octanol–water partition coefficient (Wildman–Crippen LogP) is 5.66. The molecule has 0 aliphatic rings. The molecule has 17 heavy (non-hydrogen) atoms. The maximum absolute atomic E-state index is 6.32. The molecule has 1 aromatic rings. The van der Waals surface area contributed by atoms with Gasteiger partial charge in [0.2, 0.25) is 8.32 Å². The Labute approximate surface area is 124 Å². The fraction of sp³-hybridized carbons (Fsp3) is 0.538. The highest BCUT2D eigenvalue weighted by atomic mass is 127. The van der Waals surface area contributed by atoms with E-state index in [1.165, 1.54) is 0 Å². The van der Waals surface area contributed by atoms with E-state index in [9.17, 15) is 0 Å². The Hall–Kier alpha value is 0.257. The van der Waals surface area contributed by atoms with Crippen LogP contribution in [0.25, 0.3) is 0 Å². The standard InChI is InChI=1S/C13H20ClIOSi/c1-13(2,3)17(4,5)16-12-8-6-7-11(14)10(12)9-15/h6-8H,9H2,1-5H3. The summed E-state index contributed by atoms with van der Waals surface area (Å²) in [6.45, 7) is 11.2. The Morgan fingerprint density at radius 2 is 1.88 bits per heavy atom. The van der Waals surface area contributed by atoms with Gasteiger partial charge in [-0.1, -0.05) is 61.0 Å². The van der Waals surface area contributed by atoms with Crippen LogP contribution >= 0.6 is 34.2 Å². The van der Waals surface area contributed by atoms with Crippen LogP contribution in [0.4, 0.5) is 0 Å². The van der Waals surface area contributed by atoms with Crippen molar-refractivity contribution in [3.05, 3.63) is 28.8 Å². The zero-order valence-corrected chi connectivity index (χ0v) is 15.0. The molecule has 0 fully saturated rings. The van der Waals surface area contributed by atoms with Gasteiger partial charge in [0.25, 0.3) is 0 Å². The normalized spacial score (nSPS) is 12.6. The summed E-state index contributed by atoms with van der Waals surface area (Å²) < 4.78 is 7.20.